The summed E-state index contributed by atoms with van der Waals surface area (Å²) >= 11 is 0. The van der Waals surface area contributed by atoms with Crippen LogP contribution in [-0.4, -0.2) is 55.5 Å². The average molecular weight is 289 g/mol. The zero-order valence-corrected chi connectivity index (χ0v) is 13.8. The monoisotopic (exact) mass is 289 g/mol. The average Bonchev–Trinajstić information content (AvgIpc) is 2.45. The van der Waals surface area contributed by atoms with Gasteiger partial charge < -0.3 is 10.2 Å². The Labute approximate surface area is 128 Å². The zero-order valence-electron chi connectivity index (χ0n) is 13.8. The minimum Gasteiger partial charge on any atom is -0.347 e. The molecule has 1 aromatic carbocycles. The fraction of sp³-hybridized carbons (Fsp3) is 0.588. The lowest BCUT2D eigenvalue weighted by atomic mass is 9.97. The van der Waals surface area contributed by atoms with Crippen LogP contribution in [0.4, 0.5) is 0 Å². The Morgan fingerprint density at radius 3 is 2.71 bits per heavy atom. The van der Waals surface area contributed by atoms with Gasteiger partial charge in [0, 0.05) is 39.8 Å². The number of rotatable bonds is 3. The molecule has 1 N–H and O–H groups in total. The third kappa shape index (κ3) is 3.44. The number of amides is 1. The maximum Gasteiger partial charge on any atom is 0.240 e. The van der Waals surface area contributed by atoms with Gasteiger partial charge in [0.2, 0.25) is 5.91 Å². The number of piperazine rings is 1. The molecule has 1 saturated heterocycles. The topological polar surface area (TPSA) is 35.6 Å². The molecule has 4 nitrogen and oxygen atoms in total. The van der Waals surface area contributed by atoms with E-state index in [9.17, 15) is 4.79 Å². The molecule has 1 fully saturated rings. The van der Waals surface area contributed by atoms with Gasteiger partial charge in [-0.25, -0.2) is 0 Å². The maximum absolute atomic E-state index is 12.4. The van der Waals surface area contributed by atoms with Crippen LogP contribution in [0.3, 0.4) is 0 Å². The van der Waals surface area contributed by atoms with Crippen molar-refractivity contribution in [2.75, 3.05) is 33.7 Å². The van der Waals surface area contributed by atoms with E-state index in [2.05, 4.69) is 49.2 Å². The largest absolute Gasteiger partial charge is 0.347 e. The first-order valence-corrected chi connectivity index (χ1v) is 7.66. The molecule has 116 valence electrons. The summed E-state index contributed by atoms with van der Waals surface area (Å²) in [7, 11) is 3.66. The second-order valence-electron chi connectivity index (χ2n) is 6.23. The molecular formula is C17H27N3O. The van der Waals surface area contributed by atoms with E-state index in [0.717, 1.165) is 19.6 Å². The molecule has 0 spiro atoms. The van der Waals surface area contributed by atoms with Gasteiger partial charge in [-0.15, -0.1) is 0 Å². The van der Waals surface area contributed by atoms with Gasteiger partial charge >= 0.3 is 0 Å². The molecule has 0 bridgehead atoms. The van der Waals surface area contributed by atoms with E-state index >= 15 is 0 Å². The Morgan fingerprint density at radius 2 is 2.10 bits per heavy atom. The number of hydrogen-bond acceptors (Lipinski definition) is 3. The van der Waals surface area contributed by atoms with Crippen LogP contribution >= 0.6 is 0 Å². The first-order valence-electron chi connectivity index (χ1n) is 7.66. The highest BCUT2D eigenvalue weighted by Crippen LogP contribution is 2.27. The molecule has 2 rings (SSSR count). The van der Waals surface area contributed by atoms with Gasteiger partial charge in [0.25, 0.3) is 0 Å². The molecular weight excluding hydrogens is 262 g/mol. The van der Waals surface area contributed by atoms with Crippen molar-refractivity contribution in [3.8, 4) is 0 Å². The van der Waals surface area contributed by atoms with Crippen molar-refractivity contribution in [3.63, 3.8) is 0 Å². The van der Waals surface area contributed by atoms with E-state index in [1.807, 2.05) is 14.1 Å². The summed E-state index contributed by atoms with van der Waals surface area (Å²) in [5.74, 6) is 0.179. The van der Waals surface area contributed by atoms with Gasteiger partial charge in [0.1, 0.15) is 6.04 Å². The Bertz CT molecular complexity index is 513. The van der Waals surface area contributed by atoms with Crippen molar-refractivity contribution in [1.29, 1.82) is 0 Å². The lowest BCUT2D eigenvalue weighted by molar-refractivity contribution is -0.136. The number of nitrogens with one attached hydrogen (secondary N) is 1. The smallest absolute Gasteiger partial charge is 0.240 e. The summed E-state index contributed by atoms with van der Waals surface area (Å²) in [5, 5.41) is 3.34. The maximum atomic E-state index is 12.4. The lowest BCUT2D eigenvalue weighted by Gasteiger charge is -2.40. The summed E-state index contributed by atoms with van der Waals surface area (Å²) in [6, 6.07) is 6.75. The summed E-state index contributed by atoms with van der Waals surface area (Å²) in [4.78, 5) is 16.5. The van der Waals surface area contributed by atoms with Crippen LogP contribution < -0.4 is 5.32 Å². The Kier molecular flexibility index (Phi) is 5.01. The third-order valence-corrected chi connectivity index (χ3v) is 4.38. The van der Waals surface area contributed by atoms with Crippen molar-refractivity contribution in [1.82, 2.24) is 15.1 Å². The van der Waals surface area contributed by atoms with Crippen LogP contribution in [0.2, 0.25) is 0 Å². The quantitative estimate of drug-likeness (QED) is 0.920. The van der Waals surface area contributed by atoms with Crippen molar-refractivity contribution in [3.05, 3.63) is 34.9 Å². The second kappa shape index (κ2) is 6.58. The fourth-order valence-corrected chi connectivity index (χ4v) is 3.18. The van der Waals surface area contributed by atoms with Gasteiger partial charge in [0.05, 0.1) is 0 Å². The molecule has 1 heterocycles. The predicted molar refractivity (Wildman–Crippen MR) is 86.4 cm³/mol. The molecule has 1 aromatic rings. The van der Waals surface area contributed by atoms with Crippen LogP contribution in [-0.2, 0) is 4.79 Å². The minimum atomic E-state index is -0.0792. The first-order chi connectivity index (χ1) is 9.91. The van der Waals surface area contributed by atoms with Crippen LogP contribution in [0.5, 0.6) is 0 Å². The summed E-state index contributed by atoms with van der Waals surface area (Å²) in [6.45, 7) is 9.05. The summed E-state index contributed by atoms with van der Waals surface area (Å²) < 4.78 is 0. The van der Waals surface area contributed by atoms with Crippen LogP contribution in [0.25, 0.3) is 0 Å². The van der Waals surface area contributed by atoms with Gasteiger partial charge in [-0.05, 0) is 31.9 Å². The second-order valence-corrected chi connectivity index (χ2v) is 6.23. The molecule has 4 heteroatoms. The van der Waals surface area contributed by atoms with Crippen LogP contribution in [0.15, 0.2) is 18.2 Å². The SMILES string of the molecule is Cc1ccc(C(C)N2CCNCC2C(=O)N(C)C)c(C)c1. The van der Waals surface area contributed by atoms with Crippen LogP contribution in [0.1, 0.15) is 29.7 Å². The lowest BCUT2D eigenvalue weighted by Crippen LogP contribution is -2.58. The minimum absolute atomic E-state index is 0.0792. The van der Waals surface area contributed by atoms with E-state index in [1.54, 1.807) is 4.90 Å². The molecule has 1 aliphatic rings. The molecule has 21 heavy (non-hydrogen) atoms. The molecule has 0 saturated carbocycles. The van der Waals surface area contributed by atoms with E-state index in [0.29, 0.717) is 0 Å². The standard InChI is InChI=1S/C17H27N3O/c1-12-6-7-15(13(2)10-12)14(3)20-9-8-18-11-16(20)17(21)19(4)5/h6-7,10,14,16,18H,8-9,11H2,1-5H3. The highest BCUT2D eigenvalue weighted by molar-refractivity contribution is 5.81. The van der Waals surface area contributed by atoms with E-state index in [-0.39, 0.29) is 18.0 Å². The number of hydrogen-bond donors (Lipinski definition) is 1. The molecule has 0 aliphatic carbocycles. The normalized spacial score (nSPS) is 21.1. The first kappa shape index (κ1) is 16.0. The molecule has 1 aliphatic heterocycles. The predicted octanol–water partition coefficient (Wildman–Crippen LogP) is 1.73. The number of aryl methyl sites for hydroxylation is 2. The van der Waals surface area contributed by atoms with Crippen molar-refractivity contribution >= 4 is 5.91 Å². The summed E-state index contributed by atoms with van der Waals surface area (Å²) in [6.07, 6.45) is 0. The third-order valence-electron chi connectivity index (χ3n) is 4.38. The van der Waals surface area contributed by atoms with E-state index in [4.69, 9.17) is 0 Å². The van der Waals surface area contributed by atoms with Gasteiger partial charge in [-0.3, -0.25) is 9.69 Å². The van der Waals surface area contributed by atoms with Crippen molar-refractivity contribution < 1.29 is 4.79 Å². The van der Waals surface area contributed by atoms with E-state index < -0.39 is 0 Å². The van der Waals surface area contributed by atoms with Gasteiger partial charge in [0.15, 0.2) is 0 Å². The van der Waals surface area contributed by atoms with E-state index in [1.165, 1.54) is 16.7 Å². The number of nitrogens with zero attached hydrogens (tertiary/aromatic N) is 2. The van der Waals surface area contributed by atoms with Crippen molar-refractivity contribution in [2.45, 2.75) is 32.9 Å². The highest BCUT2D eigenvalue weighted by atomic mass is 16.2. The van der Waals surface area contributed by atoms with Crippen molar-refractivity contribution in [2.24, 2.45) is 0 Å². The number of likely N-dealkylation sites (N-methyl/N-ethyl adjacent to an activating group) is 1. The fourth-order valence-electron chi connectivity index (χ4n) is 3.18. The Balaban J connectivity index is 2.26. The van der Waals surface area contributed by atoms with Crippen LogP contribution in [0, 0.1) is 13.8 Å². The zero-order chi connectivity index (χ0) is 15.6. The van der Waals surface area contributed by atoms with Gasteiger partial charge in [-0.1, -0.05) is 23.8 Å². The Morgan fingerprint density at radius 1 is 1.38 bits per heavy atom. The molecule has 2 unspecified atom stereocenters. The molecule has 2 atom stereocenters. The highest BCUT2D eigenvalue weighted by Gasteiger charge is 2.33. The number of carbonyl (C=O) groups is 1. The van der Waals surface area contributed by atoms with Gasteiger partial charge in [-0.2, -0.15) is 0 Å². The molecule has 1 amide bonds. The number of carbonyl (C=O) groups excluding carboxylic acids is 1. The Hall–Kier alpha value is -1.39. The molecule has 0 radical (unpaired) electrons. The molecule has 0 aromatic heterocycles. The number of benzene rings is 1. The summed E-state index contributed by atoms with van der Waals surface area (Å²) in [5.41, 5.74) is 3.90.